The molecule has 2 atom stereocenters. The Hall–Kier alpha value is -2.15. The topological polar surface area (TPSA) is 48.0 Å². The second-order valence-corrected chi connectivity index (χ2v) is 5.59. The first-order valence-corrected chi connectivity index (χ1v) is 7.65. The zero-order chi connectivity index (χ0) is 17.7. The van der Waals surface area contributed by atoms with Crippen LogP contribution >= 0.6 is 0 Å². The van der Waals surface area contributed by atoms with Gasteiger partial charge in [-0.2, -0.15) is 8.78 Å². The summed E-state index contributed by atoms with van der Waals surface area (Å²) in [4.78, 5) is 14.0. The molecule has 132 valence electrons. The van der Waals surface area contributed by atoms with Gasteiger partial charge < -0.3 is 19.1 Å². The summed E-state index contributed by atoms with van der Waals surface area (Å²) in [5, 5.41) is 0. The molecule has 1 amide bonds. The monoisotopic (exact) mass is 341 g/mol. The van der Waals surface area contributed by atoms with Gasteiger partial charge in [0.2, 0.25) is 5.91 Å². The number of carbonyl (C=O) groups is 1. The predicted octanol–water partition coefficient (Wildman–Crippen LogP) is 2.95. The highest BCUT2D eigenvalue weighted by Gasteiger charge is 2.24. The van der Waals surface area contributed by atoms with Gasteiger partial charge in [0.1, 0.15) is 0 Å². The van der Waals surface area contributed by atoms with E-state index in [1.54, 1.807) is 17.0 Å². The molecule has 0 aromatic heterocycles. The predicted molar refractivity (Wildman–Crippen MR) is 85.2 cm³/mol. The first kappa shape index (κ1) is 18.2. The van der Waals surface area contributed by atoms with Crippen molar-refractivity contribution in [3.05, 3.63) is 29.8 Å². The van der Waals surface area contributed by atoms with Crippen LogP contribution in [0.25, 0.3) is 6.08 Å². The van der Waals surface area contributed by atoms with Gasteiger partial charge in [-0.15, -0.1) is 0 Å². The number of rotatable bonds is 5. The zero-order valence-electron chi connectivity index (χ0n) is 13.9. The number of hydrogen-bond donors (Lipinski definition) is 0. The van der Waals surface area contributed by atoms with Crippen LogP contribution in [0.1, 0.15) is 19.4 Å². The summed E-state index contributed by atoms with van der Waals surface area (Å²) in [5.74, 6) is -0.121. The summed E-state index contributed by atoms with van der Waals surface area (Å²) in [6, 6.07) is 4.73. The summed E-state index contributed by atoms with van der Waals surface area (Å²) in [6.07, 6.45) is 2.71. The average molecular weight is 341 g/mol. The van der Waals surface area contributed by atoms with Crippen LogP contribution in [0.3, 0.4) is 0 Å². The highest BCUT2D eigenvalue weighted by Crippen LogP contribution is 2.33. The van der Waals surface area contributed by atoms with Gasteiger partial charge in [0.15, 0.2) is 11.5 Å². The summed E-state index contributed by atoms with van der Waals surface area (Å²) in [5.41, 5.74) is 0.345. The van der Waals surface area contributed by atoms with Crippen LogP contribution in [0.15, 0.2) is 24.3 Å². The number of ether oxygens (including phenoxy) is 3. The van der Waals surface area contributed by atoms with Gasteiger partial charge >= 0.3 is 6.61 Å². The van der Waals surface area contributed by atoms with E-state index in [0.717, 1.165) is 0 Å². The Morgan fingerprint density at radius 1 is 1.33 bits per heavy atom. The highest BCUT2D eigenvalue weighted by molar-refractivity contribution is 5.92. The number of para-hydroxylation sites is 1. The molecule has 0 radical (unpaired) electrons. The minimum Gasteiger partial charge on any atom is -0.493 e. The molecule has 0 N–H and O–H groups in total. The molecule has 1 saturated heterocycles. The van der Waals surface area contributed by atoms with Gasteiger partial charge in [0.05, 0.1) is 19.3 Å². The van der Waals surface area contributed by atoms with E-state index in [2.05, 4.69) is 4.74 Å². The lowest BCUT2D eigenvalue weighted by molar-refractivity contribution is -0.137. The minimum atomic E-state index is -2.98. The fraction of sp³-hybridized carbons (Fsp3) is 0.471. The molecule has 1 aromatic carbocycles. The summed E-state index contributed by atoms with van der Waals surface area (Å²) < 4.78 is 40.3. The lowest BCUT2D eigenvalue weighted by Gasteiger charge is -2.34. The number of nitrogens with zero attached hydrogens (tertiary/aromatic N) is 1. The number of amides is 1. The van der Waals surface area contributed by atoms with E-state index in [-0.39, 0.29) is 29.6 Å². The Labute approximate surface area is 139 Å². The van der Waals surface area contributed by atoms with Crippen LogP contribution in [-0.4, -0.2) is 49.8 Å². The van der Waals surface area contributed by atoms with Crippen molar-refractivity contribution in [1.82, 2.24) is 4.90 Å². The van der Waals surface area contributed by atoms with Crippen LogP contribution in [0, 0.1) is 0 Å². The van der Waals surface area contributed by atoms with Crippen LogP contribution in [-0.2, 0) is 9.53 Å². The molecular weight excluding hydrogens is 320 g/mol. The van der Waals surface area contributed by atoms with Crippen molar-refractivity contribution in [2.24, 2.45) is 0 Å². The molecular formula is C17H21F2NO4. The van der Waals surface area contributed by atoms with E-state index in [4.69, 9.17) is 9.47 Å². The number of carbonyl (C=O) groups excluding carboxylic acids is 1. The van der Waals surface area contributed by atoms with Gasteiger partial charge in [-0.3, -0.25) is 4.79 Å². The molecule has 2 rings (SSSR count). The Morgan fingerprint density at radius 3 is 2.58 bits per heavy atom. The van der Waals surface area contributed by atoms with E-state index < -0.39 is 6.61 Å². The van der Waals surface area contributed by atoms with Gasteiger partial charge in [-0.25, -0.2) is 0 Å². The molecule has 1 aliphatic heterocycles. The van der Waals surface area contributed by atoms with Crippen molar-refractivity contribution in [2.75, 3.05) is 20.2 Å². The Bertz CT molecular complexity index is 596. The molecule has 2 unspecified atom stereocenters. The number of halogens is 2. The quantitative estimate of drug-likeness (QED) is 0.773. The lowest BCUT2D eigenvalue weighted by atomic mass is 10.1. The molecule has 5 nitrogen and oxygen atoms in total. The smallest absolute Gasteiger partial charge is 0.387 e. The average Bonchev–Trinajstić information content (AvgIpc) is 2.52. The van der Waals surface area contributed by atoms with Crippen LogP contribution in [0.4, 0.5) is 8.78 Å². The van der Waals surface area contributed by atoms with Crippen LogP contribution in [0.2, 0.25) is 0 Å². The largest absolute Gasteiger partial charge is 0.493 e. The van der Waals surface area contributed by atoms with Crippen LogP contribution < -0.4 is 9.47 Å². The Balaban J connectivity index is 2.17. The highest BCUT2D eigenvalue weighted by atomic mass is 19.3. The fourth-order valence-electron chi connectivity index (χ4n) is 2.66. The number of benzene rings is 1. The van der Waals surface area contributed by atoms with Crippen molar-refractivity contribution >= 4 is 12.0 Å². The first-order chi connectivity index (χ1) is 11.4. The third-order valence-corrected chi connectivity index (χ3v) is 3.57. The Morgan fingerprint density at radius 2 is 2.00 bits per heavy atom. The van der Waals surface area contributed by atoms with Crippen molar-refractivity contribution in [3.8, 4) is 11.5 Å². The normalized spacial score (nSPS) is 21.3. The number of hydrogen-bond acceptors (Lipinski definition) is 4. The SMILES string of the molecule is COc1cccc(/C=C/C(=O)N2CC(C)OC(C)C2)c1OC(F)F. The summed E-state index contributed by atoms with van der Waals surface area (Å²) >= 11 is 0. The van der Waals surface area contributed by atoms with E-state index in [0.29, 0.717) is 18.7 Å². The van der Waals surface area contributed by atoms with Gasteiger partial charge in [0.25, 0.3) is 0 Å². The lowest BCUT2D eigenvalue weighted by Crippen LogP contribution is -2.47. The maximum Gasteiger partial charge on any atom is 0.387 e. The fourth-order valence-corrected chi connectivity index (χ4v) is 2.66. The molecule has 1 aromatic rings. The maximum absolute atomic E-state index is 12.6. The summed E-state index contributed by atoms with van der Waals surface area (Å²) in [6.45, 7) is 1.80. The number of methoxy groups -OCH3 is 1. The molecule has 0 spiro atoms. The van der Waals surface area contributed by atoms with E-state index >= 15 is 0 Å². The molecule has 1 fully saturated rings. The third-order valence-electron chi connectivity index (χ3n) is 3.57. The second kappa shape index (κ2) is 8.10. The molecule has 24 heavy (non-hydrogen) atoms. The van der Waals surface area contributed by atoms with Crippen molar-refractivity contribution in [2.45, 2.75) is 32.7 Å². The summed E-state index contributed by atoms with van der Waals surface area (Å²) in [7, 11) is 1.36. The van der Waals surface area contributed by atoms with Crippen molar-refractivity contribution in [3.63, 3.8) is 0 Å². The van der Waals surface area contributed by atoms with E-state index in [1.165, 1.54) is 25.3 Å². The zero-order valence-corrected chi connectivity index (χ0v) is 13.9. The first-order valence-electron chi connectivity index (χ1n) is 7.65. The van der Waals surface area contributed by atoms with Gasteiger partial charge in [-0.1, -0.05) is 12.1 Å². The second-order valence-electron chi connectivity index (χ2n) is 5.59. The van der Waals surface area contributed by atoms with Crippen LogP contribution in [0.5, 0.6) is 11.5 Å². The number of alkyl halides is 2. The third kappa shape index (κ3) is 4.67. The number of morpholine rings is 1. The van der Waals surface area contributed by atoms with Gasteiger partial charge in [0, 0.05) is 24.7 Å². The molecule has 1 aliphatic rings. The van der Waals surface area contributed by atoms with Gasteiger partial charge in [-0.05, 0) is 26.0 Å². The Kier molecular flexibility index (Phi) is 6.14. The molecule has 0 bridgehead atoms. The van der Waals surface area contributed by atoms with Crippen molar-refractivity contribution in [1.29, 1.82) is 0 Å². The molecule has 7 heteroatoms. The molecule has 0 saturated carbocycles. The standard InChI is InChI=1S/C17H21F2NO4/c1-11-9-20(10-12(2)23-11)15(21)8-7-13-5-4-6-14(22-3)16(13)24-17(18)19/h4-8,11-12,17H,9-10H2,1-3H3/b8-7+. The molecule has 0 aliphatic carbocycles. The van der Waals surface area contributed by atoms with E-state index in [1.807, 2.05) is 13.8 Å². The van der Waals surface area contributed by atoms with E-state index in [9.17, 15) is 13.6 Å². The molecule has 1 heterocycles. The van der Waals surface area contributed by atoms with Crippen molar-refractivity contribution < 1.29 is 27.8 Å². The maximum atomic E-state index is 12.6. The minimum absolute atomic E-state index is 0.0411.